The van der Waals surface area contributed by atoms with Gasteiger partial charge in [0, 0.05) is 11.3 Å². The average molecular weight is 312 g/mol. The van der Waals surface area contributed by atoms with Gasteiger partial charge in [0.2, 0.25) is 5.91 Å². The van der Waals surface area contributed by atoms with Gasteiger partial charge in [-0.1, -0.05) is 36.4 Å². The summed E-state index contributed by atoms with van der Waals surface area (Å²) in [6.45, 7) is 0. The van der Waals surface area contributed by atoms with Crippen LogP contribution in [0, 0.1) is 0 Å². The SMILES string of the molecule is O=C(O)C[C@H](NC(=O)c1ccccc1)C(=O)Nc1ccccc1. The highest BCUT2D eigenvalue weighted by Crippen LogP contribution is 2.07. The fourth-order valence-electron chi connectivity index (χ4n) is 1.97. The molecule has 3 N–H and O–H groups in total. The van der Waals surface area contributed by atoms with Crippen LogP contribution in [0.4, 0.5) is 5.69 Å². The van der Waals surface area contributed by atoms with E-state index in [1.54, 1.807) is 60.7 Å². The van der Waals surface area contributed by atoms with Gasteiger partial charge in [0.05, 0.1) is 6.42 Å². The Bertz CT molecular complexity index is 686. The fourth-order valence-corrected chi connectivity index (χ4v) is 1.97. The standard InChI is InChI=1S/C17H16N2O4/c20-15(21)11-14(17(23)18-13-9-5-2-6-10-13)19-16(22)12-7-3-1-4-8-12/h1-10,14H,11H2,(H,18,23)(H,19,22)(H,20,21)/t14-/m0/s1. The van der Waals surface area contributed by atoms with Gasteiger partial charge in [0.25, 0.3) is 5.91 Å². The number of benzene rings is 2. The highest BCUT2D eigenvalue weighted by Gasteiger charge is 2.24. The Hall–Kier alpha value is -3.15. The fraction of sp³-hybridized carbons (Fsp3) is 0.118. The summed E-state index contributed by atoms with van der Waals surface area (Å²) in [4.78, 5) is 35.3. The van der Waals surface area contributed by atoms with Crippen LogP contribution in [0.15, 0.2) is 60.7 Å². The quantitative estimate of drug-likeness (QED) is 0.759. The van der Waals surface area contributed by atoms with Gasteiger partial charge >= 0.3 is 5.97 Å². The lowest BCUT2D eigenvalue weighted by Gasteiger charge is -2.17. The van der Waals surface area contributed by atoms with Crippen LogP contribution in [0.25, 0.3) is 0 Å². The molecule has 2 rings (SSSR count). The van der Waals surface area contributed by atoms with E-state index in [0.29, 0.717) is 11.3 Å². The molecule has 0 bridgehead atoms. The molecule has 0 saturated heterocycles. The number of carboxylic acids is 1. The summed E-state index contributed by atoms with van der Waals surface area (Å²) in [5.74, 6) is -2.26. The maximum atomic E-state index is 12.2. The zero-order valence-corrected chi connectivity index (χ0v) is 12.2. The van der Waals surface area contributed by atoms with Gasteiger partial charge in [0.1, 0.15) is 6.04 Å². The number of aliphatic carboxylic acids is 1. The summed E-state index contributed by atoms with van der Waals surface area (Å²) in [5.41, 5.74) is 0.886. The Morgan fingerprint density at radius 3 is 2.04 bits per heavy atom. The van der Waals surface area contributed by atoms with Crippen molar-refractivity contribution in [2.75, 3.05) is 5.32 Å². The second-order valence-electron chi connectivity index (χ2n) is 4.85. The maximum absolute atomic E-state index is 12.2. The van der Waals surface area contributed by atoms with E-state index in [2.05, 4.69) is 10.6 Å². The molecule has 23 heavy (non-hydrogen) atoms. The summed E-state index contributed by atoms with van der Waals surface area (Å²) >= 11 is 0. The Balaban J connectivity index is 2.08. The van der Waals surface area contributed by atoms with Crippen molar-refractivity contribution in [2.45, 2.75) is 12.5 Å². The minimum absolute atomic E-state index is 0.357. The number of anilines is 1. The Labute approximate surface area is 133 Å². The predicted molar refractivity (Wildman–Crippen MR) is 85.0 cm³/mol. The lowest BCUT2D eigenvalue weighted by molar-refractivity contribution is -0.139. The number of para-hydroxylation sites is 1. The summed E-state index contributed by atoms with van der Waals surface area (Å²) < 4.78 is 0. The third-order valence-corrected chi connectivity index (χ3v) is 3.08. The van der Waals surface area contributed by atoms with Gasteiger partial charge in [-0.25, -0.2) is 0 Å². The molecule has 1 atom stereocenters. The van der Waals surface area contributed by atoms with E-state index in [1.165, 1.54) is 0 Å². The molecule has 2 amide bonds. The van der Waals surface area contributed by atoms with Gasteiger partial charge in [-0.2, -0.15) is 0 Å². The summed E-state index contributed by atoms with van der Waals surface area (Å²) in [5, 5.41) is 14.0. The molecule has 0 heterocycles. The minimum atomic E-state index is -1.17. The van der Waals surface area contributed by atoms with Crippen molar-refractivity contribution in [3.05, 3.63) is 66.2 Å². The van der Waals surface area contributed by atoms with Crippen LogP contribution in [0.5, 0.6) is 0 Å². The molecular formula is C17H16N2O4. The van der Waals surface area contributed by atoms with E-state index >= 15 is 0 Å². The first kappa shape index (κ1) is 16.2. The molecule has 0 radical (unpaired) electrons. The summed E-state index contributed by atoms with van der Waals surface area (Å²) in [6.07, 6.45) is -0.503. The summed E-state index contributed by atoms with van der Waals surface area (Å²) in [7, 11) is 0. The molecule has 0 aromatic heterocycles. The number of rotatable bonds is 6. The maximum Gasteiger partial charge on any atom is 0.305 e. The molecule has 2 aromatic rings. The highest BCUT2D eigenvalue weighted by molar-refractivity contribution is 6.02. The van der Waals surface area contributed by atoms with Crippen molar-refractivity contribution in [3.63, 3.8) is 0 Å². The Kier molecular flexibility index (Phi) is 5.46. The number of carbonyl (C=O) groups is 3. The van der Waals surface area contributed by atoms with Crippen LogP contribution in [-0.4, -0.2) is 28.9 Å². The second kappa shape index (κ2) is 7.74. The van der Waals surface area contributed by atoms with E-state index in [0.717, 1.165) is 0 Å². The van der Waals surface area contributed by atoms with Crippen LogP contribution in [-0.2, 0) is 9.59 Å². The third-order valence-electron chi connectivity index (χ3n) is 3.08. The van der Waals surface area contributed by atoms with Crippen molar-refractivity contribution in [1.82, 2.24) is 5.32 Å². The number of hydrogen-bond acceptors (Lipinski definition) is 3. The van der Waals surface area contributed by atoms with Gasteiger partial charge < -0.3 is 15.7 Å². The molecular weight excluding hydrogens is 296 g/mol. The topological polar surface area (TPSA) is 95.5 Å². The zero-order valence-electron chi connectivity index (χ0n) is 12.2. The number of carbonyl (C=O) groups excluding carboxylic acids is 2. The number of nitrogens with one attached hydrogen (secondary N) is 2. The van der Waals surface area contributed by atoms with Crippen LogP contribution < -0.4 is 10.6 Å². The van der Waals surface area contributed by atoms with Gasteiger partial charge in [-0.15, -0.1) is 0 Å². The van der Waals surface area contributed by atoms with Crippen molar-refractivity contribution >= 4 is 23.5 Å². The van der Waals surface area contributed by atoms with E-state index in [1.807, 2.05) is 0 Å². The number of amides is 2. The predicted octanol–water partition coefficient (Wildman–Crippen LogP) is 1.90. The molecule has 6 nitrogen and oxygen atoms in total. The van der Waals surface area contributed by atoms with E-state index in [-0.39, 0.29) is 0 Å². The first-order chi connectivity index (χ1) is 11.1. The van der Waals surface area contributed by atoms with Gasteiger partial charge in [-0.05, 0) is 24.3 Å². The molecule has 0 unspecified atom stereocenters. The molecule has 0 aliphatic heterocycles. The minimum Gasteiger partial charge on any atom is -0.481 e. The Morgan fingerprint density at radius 2 is 1.48 bits per heavy atom. The van der Waals surface area contributed by atoms with E-state index < -0.39 is 30.2 Å². The van der Waals surface area contributed by atoms with Crippen LogP contribution >= 0.6 is 0 Å². The first-order valence-electron chi connectivity index (χ1n) is 7.00. The van der Waals surface area contributed by atoms with Crippen LogP contribution in [0.3, 0.4) is 0 Å². The molecule has 0 spiro atoms. The molecule has 2 aromatic carbocycles. The van der Waals surface area contributed by atoms with E-state index in [4.69, 9.17) is 5.11 Å². The molecule has 118 valence electrons. The first-order valence-corrected chi connectivity index (χ1v) is 7.00. The smallest absolute Gasteiger partial charge is 0.305 e. The monoisotopic (exact) mass is 312 g/mol. The van der Waals surface area contributed by atoms with Gasteiger partial charge in [-0.3, -0.25) is 14.4 Å². The van der Waals surface area contributed by atoms with Crippen LogP contribution in [0.1, 0.15) is 16.8 Å². The number of carboxylic acid groups (broad SMARTS) is 1. The lowest BCUT2D eigenvalue weighted by atomic mass is 10.1. The van der Waals surface area contributed by atoms with Crippen molar-refractivity contribution in [1.29, 1.82) is 0 Å². The average Bonchev–Trinajstić information content (AvgIpc) is 2.55. The largest absolute Gasteiger partial charge is 0.481 e. The molecule has 0 aliphatic rings. The van der Waals surface area contributed by atoms with Crippen molar-refractivity contribution in [2.24, 2.45) is 0 Å². The van der Waals surface area contributed by atoms with Crippen molar-refractivity contribution < 1.29 is 19.5 Å². The molecule has 0 fully saturated rings. The highest BCUT2D eigenvalue weighted by atomic mass is 16.4. The lowest BCUT2D eigenvalue weighted by Crippen LogP contribution is -2.45. The normalized spacial score (nSPS) is 11.3. The van der Waals surface area contributed by atoms with Crippen molar-refractivity contribution in [3.8, 4) is 0 Å². The Morgan fingerprint density at radius 1 is 0.913 bits per heavy atom. The van der Waals surface area contributed by atoms with Gasteiger partial charge in [0.15, 0.2) is 0 Å². The summed E-state index contributed by atoms with van der Waals surface area (Å²) in [6, 6.07) is 15.8. The van der Waals surface area contributed by atoms with E-state index in [9.17, 15) is 14.4 Å². The van der Waals surface area contributed by atoms with Crippen LogP contribution in [0.2, 0.25) is 0 Å². The molecule has 0 aliphatic carbocycles. The zero-order chi connectivity index (χ0) is 16.7. The molecule has 6 heteroatoms. The third kappa shape index (κ3) is 4.96. The second-order valence-corrected chi connectivity index (χ2v) is 4.85. The molecule has 0 saturated carbocycles. The number of hydrogen-bond donors (Lipinski definition) is 3.